The topological polar surface area (TPSA) is 55.2 Å². The lowest BCUT2D eigenvalue weighted by molar-refractivity contribution is -0.384. The van der Waals surface area contributed by atoms with Gasteiger partial charge in [0.25, 0.3) is 5.69 Å². The van der Waals surface area contributed by atoms with Gasteiger partial charge in [-0.2, -0.15) is 11.8 Å². The second kappa shape index (κ2) is 7.17. The van der Waals surface area contributed by atoms with Crippen molar-refractivity contribution in [3.63, 3.8) is 0 Å². The Kier molecular flexibility index (Phi) is 5.83. The summed E-state index contributed by atoms with van der Waals surface area (Å²) in [5.41, 5.74) is 2.19. The Morgan fingerprint density at radius 3 is 2.76 bits per heavy atom. The van der Waals surface area contributed by atoms with E-state index >= 15 is 0 Å². The number of non-ortho nitro benzene ring substituents is 1. The molecule has 17 heavy (non-hydrogen) atoms. The summed E-state index contributed by atoms with van der Waals surface area (Å²) in [4.78, 5) is 10.4. The second-order valence-electron chi connectivity index (χ2n) is 3.66. The van der Waals surface area contributed by atoms with Crippen LogP contribution in [0.2, 0.25) is 0 Å². The van der Waals surface area contributed by atoms with Gasteiger partial charge in [0.05, 0.1) is 4.92 Å². The fourth-order valence-corrected chi connectivity index (χ4v) is 2.12. The third-order valence-corrected chi connectivity index (χ3v) is 3.25. The Bertz CT molecular complexity index is 383. The number of hydrogen-bond donors (Lipinski definition) is 1. The van der Waals surface area contributed by atoms with Crippen molar-refractivity contribution in [2.45, 2.75) is 26.0 Å². The molecule has 0 bridgehead atoms. The van der Waals surface area contributed by atoms with Crippen LogP contribution in [0.5, 0.6) is 0 Å². The summed E-state index contributed by atoms with van der Waals surface area (Å²) in [6.45, 7) is 5.07. The van der Waals surface area contributed by atoms with Gasteiger partial charge in [0.15, 0.2) is 0 Å². The minimum atomic E-state index is -0.344. The van der Waals surface area contributed by atoms with E-state index < -0.39 is 0 Å². The first-order valence-corrected chi connectivity index (χ1v) is 6.93. The second-order valence-corrected chi connectivity index (χ2v) is 4.94. The monoisotopic (exact) mass is 254 g/mol. The zero-order valence-corrected chi connectivity index (χ0v) is 11.0. The van der Waals surface area contributed by atoms with Crippen molar-refractivity contribution in [2.24, 2.45) is 0 Å². The molecule has 0 aliphatic heterocycles. The molecule has 0 fully saturated rings. The molecule has 0 radical (unpaired) electrons. The zero-order chi connectivity index (χ0) is 12.7. The Balaban J connectivity index is 2.90. The first-order valence-electron chi connectivity index (χ1n) is 5.78. The van der Waals surface area contributed by atoms with Gasteiger partial charge < -0.3 is 5.32 Å². The zero-order valence-electron chi connectivity index (χ0n) is 10.2. The highest BCUT2D eigenvalue weighted by Gasteiger charge is 2.10. The maximum atomic E-state index is 10.7. The summed E-state index contributed by atoms with van der Waals surface area (Å²) in [5.74, 6) is 1.82. The normalized spacial score (nSPS) is 10.2. The largest absolute Gasteiger partial charge is 0.385 e. The molecule has 94 valence electrons. The van der Waals surface area contributed by atoms with Crippen LogP contribution in [0.4, 0.5) is 11.4 Å². The van der Waals surface area contributed by atoms with Gasteiger partial charge in [-0.25, -0.2) is 0 Å². The minimum absolute atomic E-state index is 0.166. The standard InChI is InChI=1S/C12H18N2O2S/c1-3-7-13-12-6-5-11(14(15)16)8-10(12)9-17-4-2/h5-6,8,13H,3-4,7,9H2,1-2H3. The van der Waals surface area contributed by atoms with E-state index in [4.69, 9.17) is 0 Å². The molecule has 1 aromatic carbocycles. The van der Waals surface area contributed by atoms with Gasteiger partial charge in [0.2, 0.25) is 0 Å². The first kappa shape index (κ1) is 13.8. The van der Waals surface area contributed by atoms with Crippen LogP contribution in [0.15, 0.2) is 18.2 Å². The molecular weight excluding hydrogens is 236 g/mol. The van der Waals surface area contributed by atoms with Gasteiger partial charge in [-0.15, -0.1) is 0 Å². The molecule has 0 spiro atoms. The number of nitrogens with one attached hydrogen (secondary N) is 1. The smallest absolute Gasteiger partial charge is 0.269 e. The molecule has 1 aromatic rings. The predicted octanol–water partition coefficient (Wildman–Crippen LogP) is 3.67. The van der Waals surface area contributed by atoms with Crippen molar-refractivity contribution in [3.8, 4) is 0 Å². The number of nitro groups is 1. The maximum Gasteiger partial charge on any atom is 0.269 e. The van der Waals surface area contributed by atoms with Crippen LogP contribution in [0.3, 0.4) is 0 Å². The molecule has 0 aliphatic carbocycles. The SMILES string of the molecule is CCCNc1ccc([N+](=O)[O-])cc1CSCC. The summed E-state index contributed by atoms with van der Waals surface area (Å²) in [7, 11) is 0. The van der Waals surface area contributed by atoms with E-state index in [9.17, 15) is 10.1 Å². The van der Waals surface area contributed by atoms with E-state index in [0.717, 1.165) is 35.7 Å². The van der Waals surface area contributed by atoms with E-state index in [-0.39, 0.29) is 10.6 Å². The molecule has 1 N–H and O–H groups in total. The van der Waals surface area contributed by atoms with Crippen molar-refractivity contribution >= 4 is 23.1 Å². The Hall–Kier alpha value is -1.23. The number of nitro benzene ring substituents is 1. The van der Waals surface area contributed by atoms with Gasteiger partial charge in [-0.3, -0.25) is 10.1 Å². The van der Waals surface area contributed by atoms with Crippen LogP contribution in [-0.4, -0.2) is 17.2 Å². The van der Waals surface area contributed by atoms with Crippen LogP contribution >= 0.6 is 11.8 Å². The van der Waals surface area contributed by atoms with Crippen LogP contribution in [-0.2, 0) is 5.75 Å². The van der Waals surface area contributed by atoms with Crippen molar-refractivity contribution in [2.75, 3.05) is 17.6 Å². The molecule has 0 atom stereocenters. The number of rotatable bonds is 7. The summed E-state index contributed by atoms with van der Waals surface area (Å²) in [5, 5.41) is 14.0. The number of nitrogens with zero attached hydrogens (tertiary/aromatic N) is 1. The molecule has 5 heteroatoms. The Morgan fingerprint density at radius 1 is 1.41 bits per heavy atom. The van der Waals surface area contributed by atoms with Gasteiger partial charge in [0, 0.05) is 30.1 Å². The van der Waals surface area contributed by atoms with Gasteiger partial charge in [-0.1, -0.05) is 13.8 Å². The van der Waals surface area contributed by atoms with E-state index in [0.29, 0.717) is 0 Å². The third-order valence-electron chi connectivity index (χ3n) is 2.33. The molecule has 0 saturated heterocycles. The molecule has 0 amide bonds. The van der Waals surface area contributed by atoms with Gasteiger partial charge in [-0.05, 0) is 23.8 Å². The lowest BCUT2D eigenvalue weighted by atomic mass is 10.1. The molecule has 0 aromatic heterocycles. The van der Waals surface area contributed by atoms with Crippen molar-refractivity contribution in [1.29, 1.82) is 0 Å². The summed E-state index contributed by atoms with van der Waals surface area (Å²) in [6.07, 6.45) is 1.04. The number of anilines is 1. The van der Waals surface area contributed by atoms with Crippen molar-refractivity contribution in [1.82, 2.24) is 0 Å². The van der Waals surface area contributed by atoms with E-state index in [1.807, 2.05) is 0 Å². The highest BCUT2D eigenvalue weighted by Crippen LogP contribution is 2.25. The molecule has 0 aliphatic rings. The molecule has 0 unspecified atom stereocenters. The summed E-state index contributed by atoms with van der Waals surface area (Å²) in [6, 6.07) is 5.03. The first-order chi connectivity index (χ1) is 8.19. The van der Waals surface area contributed by atoms with Gasteiger partial charge in [0.1, 0.15) is 0 Å². The van der Waals surface area contributed by atoms with Crippen molar-refractivity contribution < 1.29 is 4.92 Å². The maximum absolute atomic E-state index is 10.7. The molecule has 0 saturated carbocycles. The molecular formula is C12H18N2O2S. The van der Waals surface area contributed by atoms with Crippen molar-refractivity contribution in [3.05, 3.63) is 33.9 Å². The van der Waals surface area contributed by atoms with Crippen LogP contribution in [0.25, 0.3) is 0 Å². The lowest BCUT2D eigenvalue weighted by Gasteiger charge is -2.10. The summed E-state index contributed by atoms with van der Waals surface area (Å²) >= 11 is 1.77. The van der Waals surface area contributed by atoms with E-state index in [1.165, 1.54) is 0 Å². The average Bonchev–Trinajstić information content (AvgIpc) is 2.34. The van der Waals surface area contributed by atoms with Crippen LogP contribution in [0.1, 0.15) is 25.8 Å². The highest BCUT2D eigenvalue weighted by atomic mass is 32.2. The van der Waals surface area contributed by atoms with E-state index in [1.54, 1.807) is 30.0 Å². The summed E-state index contributed by atoms with van der Waals surface area (Å²) < 4.78 is 0. The molecule has 4 nitrogen and oxygen atoms in total. The average molecular weight is 254 g/mol. The molecule has 0 heterocycles. The van der Waals surface area contributed by atoms with E-state index in [2.05, 4.69) is 19.2 Å². The third kappa shape index (κ3) is 4.26. The lowest BCUT2D eigenvalue weighted by Crippen LogP contribution is -2.03. The minimum Gasteiger partial charge on any atom is -0.385 e. The fourth-order valence-electron chi connectivity index (χ4n) is 1.46. The highest BCUT2D eigenvalue weighted by molar-refractivity contribution is 7.98. The predicted molar refractivity (Wildman–Crippen MR) is 73.7 cm³/mol. The number of benzene rings is 1. The van der Waals surface area contributed by atoms with Gasteiger partial charge >= 0.3 is 0 Å². The number of hydrogen-bond acceptors (Lipinski definition) is 4. The van der Waals surface area contributed by atoms with Crippen LogP contribution in [0, 0.1) is 10.1 Å². The van der Waals surface area contributed by atoms with Crippen LogP contribution < -0.4 is 5.32 Å². The quantitative estimate of drug-likeness (QED) is 0.596. The Labute approximate surface area is 106 Å². The Morgan fingerprint density at radius 2 is 2.18 bits per heavy atom. The fraction of sp³-hybridized carbons (Fsp3) is 0.500. The number of thioether (sulfide) groups is 1. The molecule has 1 rings (SSSR count).